The lowest BCUT2D eigenvalue weighted by molar-refractivity contribution is -0.137. The number of hydrogen-bond acceptors (Lipinski definition) is 3. The Bertz CT molecular complexity index is 689. The minimum atomic E-state index is -4.44. The standard InChI is InChI=1S/C13H9ClF3N3S/c14-8-6-7(13(15,16)17)3-4-9(8)20-10-2-1-5-19-11(10)12(18)21/h1-6,20H,(H2,18,21). The van der Waals surface area contributed by atoms with Crippen LogP contribution in [0.4, 0.5) is 24.5 Å². The number of aromatic nitrogens is 1. The summed E-state index contributed by atoms with van der Waals surface area (Å²) >= 11 is 10.7. The lowest BCUT2D eigenvalue weighted by Gasteiger charge is -2.13. The number of nitrogens with zero attached hydrogens (tertiary/aromatic N) is 1. The first-order chi connectivity index (χ1) is 9.79. The Morgan fingerprint density at radius 1 is 1.24 bits per heavy atom. The van der Waals surface area contributed by atoms with E-state index >= 15 is 0 Å². The predicted octanol–water partition coefficient (Wildman–Crippen LogP) is 4.13. The number of nitrogens with two attached hydrogens (primary N) is 1. The molecule has 0 bridgehead atoms. The molecule has 0 aliphatic rings. The molecule has 1 heterocycles. The fourth-order valence-electron chi connectivity index (χ4n) is 1.64. The first-order valence-electron chi connectivity index (χ1n) is 5.67. The molecule has 0 aliphatic carbocycles. The monoisotopic (exact) mass is 331 g/mol. The van der Waals surface area contributed by atoms with Gasteiger partial charge in [0.15, 0.2) is 0 Å². The summed E-state index contributed by atoms with van der Waals surface area (Å²) in [5, 5.41) is 2.80. The van der Waals surface area contributed by atoms with Crippen molar-refractivity contribution in [3.8, 4) is 0 Å². The van der Waals surface area contributed by atoms with Crippen molar-refractivity contribution in [1.82, 2.24) is 4.98 Å². The normalized spacial score (nSPS) is 11.2. The van der Waals surface area contributed by atoms with Crippen molar-refractivity contribution < 1.29 is 13.2 Å². The molecule has 21 heavy (non-hydrogen) atoms. The molecule has 0 fully saturated rings. The van der Waals surface area contributed by atoms with Crippen LogP contribution in [0.2, 0.25) is 5.02 Å². The van der Waals surface area contributed by atoms with Gasteiger partial charge in [0.2, 0.25) is 0 Å². The summed E-state index contributed by atoms with van der Waals surface area (Å²) in [6.07, 6.45) is -2.94. The molecule has 0 unspecified atom stereocenters. The van der Waals surface area contributed by atoms with Crippen LogP contribution < -0.4 is 11.1 Å². The Morgan fingerprint density at radius 2 is 1.95 bits per heavy atom. The van der Waals surface area contributed by atoms with Gasteiger partial charge in [-0.3, -0.25) is 4.98 Å². The van der Waals surface area contributed by atoms with Crippen LogP contribution in [0.5, 0.6) is 0 Å². The van der Waals surface area contributed by atoms with Crippen molar-refractivity contribution in [2.24, 2.45) is 5.73 Å². The van der Waals surface area contributed by atoms with Gasteiger partial charge < -0.3 is 11.1 Å². The smallest absolute Gasteiger partial charge is 0.388 e. The molecule has 0 radical (unpaired) electrons. The first-order valence-corrected chi connectivity index (χ1v) is 6.46. The average Bonchev–Trinajstić information content (AvgIpc) is 2.40. The van der Waals surface area contributed by atoms with Crippen molar-refractivity contribution in [3.63, 3.8) is 0 Å². The zero-order chi connectivity index (χ0) is 15.6. The molecule has 0 saturated heterocycles. The van der Waals surface area contributed by atoms with Crippen molar-refractivity contribution in [2.75, 3.05) is 5.32 Å². The minimum Gasteiger partial charge on any atom is -0.388 e. The molecular formula is C13H9ClF3N3S. The van der Waals surface area contributed by atoms with Crippen molar-refractivity contribution in [3.05, 3.63) is 52.8 Å². The zero-order valence-electron chi connectivity index (χ0n) is 10.4. The van der Waals surface area contributed by atoms with Crippen LogP contribution in [0.3, 0.4) is 0 Å². The quantitative estimate of drug-likeness (QED) is 0.830. The van der Waals surface area contributed by atoms with E-state index in [0.717, 1.165) is 12.1 Å². The maximum Gasteiger partial charge on any atom is 0.416 e. The van der Waals surface area contributed by atoms with E-state index in [1.165, 1.54) is 12.3 Å². The van der Waals surface area contributed by atoms with E-state index in [0.29, 0.717) is 17.1 Å². The number of pyridine rings is 1. The van der Waals surface area contributed by atoms with Crippen molar-refractivity contribution >= 4 is 40.2 Å². The van der Waals surface area contributed by atoms with Crippen molar-refractivity contribution in [1.29, 1.82) is 0 Å². The number of hydrogen-bond donors (Lipinski definition) is 2. The summed E-state index contributed by atoms with van der Waals surface area (Å²) in [6, 6.07) is 6.31. The summed E-state index contributed by atoms with van der Waals surface area (Å²) in [5.74, 6) is 0. The molecule has 0 spiro atoms. The Balaban J connectivity index is 2.35. The van der Waals surface area contributed by atoms with Crippen LogP contribution in [0.1, 0.15) is 11.3 Å². The lowest BCUT2D eigenvalue weighted by atomic mass is 10.2. The fourth-order valence-corrected chi connectivity index (χ4v) is 2.03. The van der Waals surface area contributed by atoms with Crippen LogP contribution in [-0.2, 0) is 6.18 Å². The molecule has 8 heteroatoms. The van der Waals surface area contributed by atoms with E-state index in [-0.39, 0.29) is 10.0 Å². The average molecular weight is 332 g/mol. The second-order valence-corrected chi connectivity index (χ2v) is 4.93. The molecular weight excluding hydrogens is 323 g/mol. The highest BCUT2D eigenvalue weighted by Crippen LogP contribution is 2.34. The molecule has 3 N–H and O–H groups in total. The van der Waals surface area contributed by atoms with Gasteiger partial charge in [-0.2, -0.15) is 13.2 Å². The van der Waals surface area contributed by atoms with E-state index in [4.69, 9.17) is 29.6 Å². The number of benzene rings is 1. The van der Waals surface area contributed by atoms with Gasteiger partial charge in [-0.05, 0) is 30.3 Å². The highest BCUT2D eigenvalue weighted by Gasteiger charge is 2.30. The first kappa shape index (κ1) is 15.5. The van der Waals surface area contributed by atoms with Crippen molar-refractivity contribution in [2.45, 2.75) is 6.18 Å². The zero-order valence-corrected chi connectivity index (χ0v) is 12.0. The summed E-state index contributed by atoms with van der Waals surface area (Å²) in [5.41, 5.74) is 5.82. The SMILES string of the molecule is NC(=S)c1ncccc1Nc1ccc(C(F)(F)F)cc1Cl. The molecule has 2 aromatic rings. The number of rotatable bonds is 3. The minimum absolute atomic E-state index is 0.0671. The summed E-state index contributed by atoms with van der Waals surface area (Å²) in [4.78, 5) is 4.08. The molecule has 3 nitrogen and oxygen atoms in total. The molecule has 1 aromatic carbocycles. The van der Waals surface area contributed by atoms with Gasteiger partial charge in [-0.1, -0.05) is 23.8 Å². The molecule has 0 atom stereocenters. The van der Waals surface area contributed by atoms with Gasteiger partial charge in [-0.25, -0.2) is 0 Å². The Kier molecular flexibility index (Phi) is 4.34. The number of anilines is 2. The molecule has 0 amide bonds. The van der Waals surface area contributed by atoms with Gasteiger partial charge in [0.1, 0.15) is 10.7 Å². The maximum atomic E-state index is 12.6. The van der Waals surface area contributed by atoms with Crippen LogP contribution in [0, 0.1) is 0 Å². The lowest BCUT2D eigenvalue weighted by Crippen LogP contribution is -2.14. The third kappa shape index (κ3) is 3.62. The molecule has 1 aromatic heterocycles. The number of thiocarbonyl (C=S) groups is 1. The van der Waals surface area contributed by atoms with Gasteiger partial charge in [0, 0.05) is 6.20 Å². The highest BCUT2D eigenvalue weighted by atomic mass is 35.5. The van der Waals surface area contributed by atoms with Gasteiger partial charge in [0.05, 0.1) is 22.0 Å². The van der Waals surface area contributed by atoms with E-state index < -0.39 is 11.7 Å². The number of nitrogens with one attached hydrogen (secondary N) is 1. The molecule has 2 rings (SSSR count). The van der Waals surface area contributed by atoms with E-state index in [1.54, 1.807) is 12.1 Å². The van der Waals surface area contributed by atoms with Gasteiger partial charge >= 0.3 is 6.18 Å². The largest absolute Gasteiger partial charge is 0.416 e. The maximum absolute atomic E-state index is 12.6. The Labute approximate surface area is 128 Å². The van der Waals surface area contributed by atoms with Crippen LogP contribution >= 0.6 is 23.8 Å². The van der Waals surface area contributed by atoms with E-state index in [1.807, 2.05) is 0 Å². The third-order valence-corrected chi connectivity index (χ3v) is 3.11. The van der Waals surface area contributed by atoms with Crippen LogP contribution in [-0.4, -0.2) is 9.97 Å². The van der Waals surface area contributed by atoms with Gasteiger partial charge in [-0.15, -0.1) is 0 Å². The second kappa shape index (κ2) is 5.87. The number of halogens is 4. The van der Waals surface area contributed by atoms with Crippen LogP contribution in [0.25, 0.3) is 0 Å². The Hall–Kier alpha value is -1.86. The second-order valence-electron chi connectivity index (χ2n) is 4.08. The summed E-state index contributed by atoms with van der Waals surface area (Å²) in [7, 11) is 0. The third-order valence-electron chi connectivity index (χ3n) is 2.61. The fraction of sp³-hybridized carbons (Fsp3) is 0.0769. The molecule has 110 valence electrons. The van der Waals surface area contributed by atoms with E-state index in [9.17, 15) is 13.2 Å². The topological polar surface area (TPSA) is 50.9 Å². The Morgan fingerprint density at radius 3 is 2.52 bits per heavy atom. The van der Waals surface area contributed by atoms with Gasteiger partial charge in [0.25, 0.3) is 0 Å². The molecule has 0 saturated carbocycles. The van der Waals surface area contributed by atoms with E-state index in [2.05, 4.69) is 10.3 Å². The molecule has 0 aliphatic heterocycles. The highest BCUT2D eigenvalue weighted by molar-refractivity contribution is 7.80. The van der Waals surface area contributed by atoms with Crippen LogP contribution in [0.15, 0.2) is 36.5 Å². The number of alkyl halides is 3. The summed E-state index contributed by atoms with van der Waals surface area (Å²) < 4.78 is 37.7. The predicted molar refractivity (Wildman–Crippen MR) is 79.9 cm³/mol. The summed E-state index contributed by atoms with van der Waals surface area (Å²) in [6.45, 7) is 0.